The fourth-order valence-corrected chi connectivity index (χ4v) is 1.45. The lowest BCUT2D eigenvalue weighted by atomic mass is 10.1. The van der Waals surface area contributed by atoms with Crippen molar-refractivity contribution >= 4 is 0 Å². The first kappa shape index (κ1) is 14.0. The monoisotopic (exact) mass is 249 g/mol. The van der Waals surface area contributed by atoms with Crippen molar-refractivity contribution in [1.29, 1.82) is 0 Å². The van der Waals surface area contributed by atoms with Gasteiger partial charge in [0.2, 0.25) is 0 Å². The number of hydrogen-bond acceptors (Lipinski definition) is 1. The van der Waals surface area contributed by atoms with Crippen molar-refractivity contribution in [3.05, 3.63) is 35.1 Å². The van der Waals surface area contributed by atoms with Gasteiger partial charge in [-0.3, -0.25) is 0 Å². The quantitative estimate of drug-likeness (QED) is 0.806. The van der Waals surface area contributed by atoms with Crippen LogP contribution in [0.15, 0.2) is 18.2 Å². The van der Waals surface area contributed by atoms with Crippen LogP contribution in [0.25, 0.3) is 0 Å². The van der Waals surface area contributed by atoms with Gasteiger partial charge in [-0.1, -0.05) is 19.9 Å². The molecule has 96 valence electrons. The van der Waals surface area contributed by atoms with E-state index < -0.39 is 17.6 Å². The first-order valence-corrected chi connectivity index (χ1v) is 5.39. The van der Waals surface area contributed by atoms with Gasteiger partial charge in [-0.05, 0) is 30.7 Å². The molecule has 1 N–H and O–H groups in total. The second kappa shape index (κ2) is 5.49. The van der Waals surface area contributed by atoms with Crippen molar-refractivity contribution in [2.24, 2.45) is 0 Å². The molecule has 0 aliphatic carbocycles. The summed E-state index contributed by atoms with van der Waals surface area (Å²) in [6.45, 7) is 4.54. The minimum atomic E-state index is -4.63. The maximum absolute atomic E-state index is 13.2. The minimum absolute atomic E-state index is 0.300. The van der Waals surface area contributed by atoms with Crippen LogP contribution in [0.4, 0.5) is 17.6 Å². The zero-order valence-electron chi connectivity index (χ0n) is 9.74. The van der Waals surface area contributed by atoms with E-state index in [0.29, 0.717) is 24.6 Å². The lowest BCUT2D eigenvalue weighted by Gasteiger charge is -2.10. The third-order valence-corrected chi connectivity index (χ3v) is 2.31. The maximum atomic E-state index is 13.2. The van der Waals surface area contributed by atoms with Crippen LogP contribution in [0.3, 0.4) is 0 Å². The van der Waals surface area contributed by atoms with E-state index >= 15 is 0 Å². The number of alkyl halides is 3. The summed E-state index contributed by atoms with van der Waals surface area (Å²) in [6.07, 6.45) is -4.12. The molecule has 1 rings (SSSR count). The first-order chi connectivity index (χ1) is 7.80. The van der Waals surface area contributed by atoms with Crippen LogP contribution >= 0.6 is 0 Å². The van der Waals surface area contributed by atoms with Crippen molar-refractivity contribution in [1.82, 2.24) is 5.32 Å². The van der Waals surface area contributed by atoms with Gasteiger partial charge in [0, 0.05) is 6.04 Å². The van der Waals surface area contributed by atoms with Crippen LogP contribution in [0, 0.1) is 5.82 Å². The average molecular weight is 249 g/mol. The van der Waals surface area contributed by atoms with Crippen LogP contribution in [-0.4, -0.2) is 12.6 Å². The van der Waals surface area contributed by atoms with E-state index in [1.807, 2.05) is 13.8 Å². The largest absolute Gasteiger partial charge is 0.419 e. The molecule has 0 unspecified atom stereocenters. The standard InChI is InChI=1S/C12H15F4N/c1-8(2)17-6-5-9-3-4-10(11(13)7-9)12(14,15)16/h3-4,7-8,17H,5-6H2,1-2H3. The predicted octanol–water partition coefficient (Wildman–Crippen LogP) is 3.39. The number of nitrogens with one attached hydrogen (secondary N) is 1. The smallest absolute Gasteiger partial charge is 0.314 e. The molecule has 0 atom stereocenters. The highest BCUT2D eigenvalue weighted by molar-refractivity contribution is 5.26. The Hall–Kier alpha value is -1.10. The molecule has 0 saturated carbocycles. The molecule has 0 spiro atoms. The molecule has 0 aliphatic heterocycles. The Morgan fingerprint density at radius 1 is 1.24 bits per heavy atom. The Bertz CT molecular complexity index is 371. The fourth-order valence-electron chi connectivity index (χ4n) is 1.45. The molecule has 0 radical (unpaired) electrons. The van der Waals surface area contributed by atoms with Gasteiger partial charge < -0.3 is 5.32 Å². The van der Waals surface area contributed by atoms with E-state index in [9.17, 15) is 17.6 Å². The summed E-state index contributed by atoms with van der Waals surface area (Å²) in [4.78, 5) is 0. The summed E-state index contributed by atoms with van der Waals surface area (Å²) in [7, 11) is 0. The van der Waals surface area contributed by atoms with Gasteiger partial charge in [0.1, 0.15) is 5.82 Å². The Balaban J connectivity index is 2.69. The summed E-state index contributed by atoms with van der Waals surface area (Å²) in [5, 5.41) is 3.11. The van der Waals surface area contributed by atoms with Crippen molar-refractivity contribution in [2.45, 2.75) is 32.5 Å². The van der Waals surface area contributed by atoms with Crippen molar-refractivity contribution in [2.75, 3.05) is 6.54 Å². The zero-order valence-corrected chi connectivity index (χ0v) is 9.74. The van der Waals surface area contributed by atoms with Crippen LogP contribution in [-0.2, 0) is 12.6 Å². The van der Waals surface area contributed by atoms with Crippen molar-refractivity contribution in [3.8, 4) is 0 Å². The second-order valence-corrected chi connectivity index (χ2v) is 4.17. The summed E-state index contributed by atoms with van der Waals surface area (Å²) in [6, 6.07) is 3.35. The molecular weight excluding hydrogens is 234 g/mol. The van der Waals surface area contributed by atoms with Crippen LogP contribution in [0.2, 0.25) is 0 Å². The van der Waals surface area contributed by atoms with Crippen molar-refractivity contribution in [3.63, 3.8) is 0 Å². The Morgan fingerprint density at radius 3 is 2.35 bits per heavy atom. The fraction of sp³-hybridized carbons (Fsp3) is 0.500. The lowest BCUT2D eigenvalue weighted by Crippen LogP contribution is -2.25. The van der Waals surface area contributed by atoms with Gasteiger partial charge >= 0.3 is 6.18 Å². The molecule has 0 aliphatic rings. The van der Waals surface area contributed by atoms with E-state index in [1.54, 1.807) is 0 Å². The third kappa shape index (κ3) is 4.34. The topological polar surface area (TPSA) is 12.0 Å². The highest BCUT2D eigenvalue weighted by Gasteiger charge is 2.33. The van der Waals surface area contributed by atoms with E-state index in [-0.39, 0.29) is 0 Å². The van der Waals surface area contributed by atoms with E-state index in [1.165, 1.54) is 6.07 Å². The molecule has 0 saturated heterocycles. The molecular formula is C12H15F4N. The summed E-state index contributed by atoms with van der Waals surface area (Å²) >= 11 is 0. The number of benzene rings is 1. The second-order valence-electron chi connectivity index (χ2n) is 4.17. The van der Waals surface area contributed by atoms with Crippen molar-refractivity contribution < 1.29 is 17.6 Å². The highest BCUT2D eigenvalue weighted by atomic mass is 19.4. The van der Waals surface area contributed by atoms with Crippen LogP contribution < -0.4 is 5.32 Å². The normalized spacial score (nSPS) is 12.2. The first-order valence-electron chi connectivity index (χ1n) is 5.39. The summed E-state index contributed by atoms with van der Waals surface area (Å²) in [5.41, 5.74) is -0.651. The SMILES string of the molecule is CC(C)NCCc1ccc(C(F)(F)F)c(F)c1. The van der Waals surface area contributed by atoms with Gasteiger partial charge in [0.25, 0.3) is 0 Å². The molecule has 0 amide bonds. The van der Waals surface area contributed by atoms with Crippen LogP contribution in [0.5, 0.6) is 0 Å². The minimum Gasteiger partial charge on any atom is -0.314 e. The number of hydrogen-bond donors (Lipinski definition) is 1. The Kier molecular flexibility index (Phi) is 4.51. The van der Waals surface area contributed by atoms with Gasteiger partial charge in [0.05, 0.1) is 5.56 Å². The highest BCUT2D eigenvalue weighted by Crippen LogP contribution is 2.31. The predicted molar refractivity (Wildman–Crippen MR) is 58.2 cm³/mol. The summed E-state index contributed by atoms with van der Waals surface area (Å²) in [5.74, 6) is -1.21. The molecule has 1 nitrogen and oxygen atoms in total. The van der Waals surface area contributed by atoms with Gasteiger partial charge in [-0.25, -0.2) is 4.39 Å². The van der Waals surface area contributed by atoms with Gasteiger partial charge in [0.15, 0.2) is 0 Å². The molecule has 0 aromatic heterocycles. The van der Waals surface area contributed by atoms with E-state index in [2.05, 4.69) is 5.32 Å². The lowest BCUT2D eigenvalue weighted by molar-refractivity contribution is -0.140. The van der Waals surface area contributed by atoms with Gasteiger partial charge in [-0.15, -0.1) is 0 Å². The Morgan fingerprint density at radius 2 is 1.88 bits per heavy atom. The molecule has 0 fully saturated rings. The van der Waals surface area contributed by atoms with E-state index in [0.717, 1.165) is 12.1 Å². The number of halogens is 4. The molecule has 1 aromatic rings. The third-order valence-electron chi connectivity index (χ3n) is 2.31. The Labute approximate surface area is 97.8 Å². The van der Waals surface area contributed by atoms with Gasteiger partial charge in [-0.2, -0.15) is 13.2 Å². The van der Waals surface area contributed by atoms with E-state index in [4.69, 9.17) is 0 Å². The summed E-state index contributed by atoms with van der Waals surface area (Å²) < 4.78 is 50.0. The molecule has 0 bridgehead atoms. The molecule has 17 heavy (non-hydrogen) atoms. The molecule has 0 heterocycles. The number of rotatable bonds is 4. The van der Waals surface area contributed by atoms with Crippen LogP contribution in [0.1, 0.15) is 25.0 Å². The molecule has 5 heteroatoms. The zero-order chi connectivity index (χ0) is 13.1. The maximum Gasteiger partial charge on any atom is 0.419 e. The average Bonchev–Trinajstić information content (AvgIpc) is 2.14. The molecule has 1 aromatic carbocycles.